The Bertz CT molecular complexity index is 1160. The van der Waals surface area contributed by atoms with Crippen LogP contribution in [0.1, 0.15) is 25.0 Å². The minimum atomic E-state index is -3.01. The normalized spacial score (nSPS) is 20.4. The summed E-state index contributed by atoms with van der Waals surface area (Å²) in [5, 5.41) is 4.29. The fourth-order valence-electron chi connectivity index (χ4n) is 4.64. The number of rotatable bonds is 6. The molecule has 0 spiro atoms. The van der Waals surface area contributed by atoms with E-state index in [-0.39, 0.29) is 24.5 Å². The van der Waals surface area contributed by atoms with E-state index < -0.39 is 12.4 Å². The minimum Gasteiger partial charge on any atom is -0.435 e. The third-order valence-electron chi connectivity index (χ3n) is 5.90. The predicted molar refractivity (Wildman–Crippen MR) is 118 cm³/mol. The number of morpholine rings is 1. The molecule has 3 aromatic rings. The summed E-state index contributed by atoms with van der Waals surface area (Å²) in [7, 11) is 0. The van der Waals surface area contributed by atoms with Crippen molar-refractivity contribution in [3.8, 4) is 17.1 Å². The van der Waals surface area contributed by atoms with Crippen LogP contribution in [0, 0.1) is 5.82 Å². The number of halogens is 3. The van der Waals surface area contributed by atoms with Gasteiger partial charge in [-0.1, -0.05) is 6.07 Å². The van der Waals surface area contributed by atoms with Crippen molar-refractivity contribution in [2.45, 2.75) is 52.4 Å². The van der Waals surface area contributed by atoms with Gasteiger partial charge in [0.25, 0.3) is 0 Å². The van der Waals surface area contributed by atoms with Gasteiger partial charge in [0.05, 0.1) is 17.8 Å². The van der Waals surface area contributed by atoms with E-state index >= 15 is 0 Å². The maximum absolute atomic E-state index is 14.6. The highest BCUT2D eigenvalue weighted by Crippen LogP contribution is 2.34. The Morgan fingerprint density at radius 2 is 1.91 bits per heavy atom. The lowest BCUT2D eigenvalue weighted by molar-refractivity contribution is -0.0705. The molecule has 0 aliphatic carbocycles. The molecule has 4 heterocycles. The number of hydrogen-bond acceptors (Lipinski definition) is 7. The van der Waals surface area contributed by atoms with Crippen LogP contribution in [-0.4, -0.2) is 56.6 Å². The molecule has 34 heavy (non-hydrogen) atoms. The largest absolute Gasteiger partial charge is 0.435 e. The molecule has 0 radical (unpaired) electrons. The second kappa shape index (κ2) is 9.22. The van der Waals surface area contributed by atoms with Crippen LogP contribution in [0.3, 0.4) is 0 Å². The van der Waals surface area contributed by atoms with Crippen LogP contribution >= 0.6 is 0 Å². The van der Waals surface area contributed by atoms with Crippen molar-refractivity contribution in [2.24, 2.45) is 0 Å². The molecule has 1 fully saturated rings. The highest BCUT2D eigenvalue weighted by atomic mass is 19.3. The predicted octanol–water partition coefficient (Wildman–Crippen LogP) is 3.67. The van der Waals surface area contributed by atoms with Crippen LogP contribution in [0.2, 0.25) is 0 Å². The fraction of sp³-hybridized carbons (Fsp3) is 0.435. The molecule has 5 rings (SSSR count). The van der Waals surface area contributed by atoms with Gasteiger partial charge in [-0.05, 0) is 31.5 Å². The fourth-order valence-corrected chi connectivity index (χ4v) is 4.64. The number of ether oxygens (including phenoxy) is 2. The van der Waals surface area contributed by atoms with Crippen molar-refractivity contribution in [1.82, 2.24) is 24.6 Å². The van der Waals surface area contributed by atoms with Crippen LogP contribution < -0.4 is 9.64 Å². The summed E-state index contributed by atoms with van der Waals surface area (Å²) in [5.41, 5.74) is 2.18. The average molecular weight is 474 g/mol. The van der Waals surface area contributed by atoms with Gasteiger partial charge in [0.2, 0.25) is 0 Å². The molecule has 2 aromatic heterocycles. The molecule has 2 aliphatic heterocycles. The van der Waals surface area contributed by atoms with Gasteiger partial charge >= 0.3 is 6.61 Å². The van der Waals surface area contributed by atoms with E-state index in [0.29, 0.717) is 23.9 Å². The molecule has 8 nitrogen and oxygen atoms in total. The number of anilines is 1. The lowest BCUT2D eigenvalue weighted by atomic mass is 10.1. The Morgan fingerprint density at radius 3 is 2.65 bits per heavy atom. The number of alkyl halides is 2. The Morgan fingerprint density at radius 1 is 1.12 bits per heavy atom. The zero-order valence-electron chi connectivity index (χ0n) is 18.9. The van der Waals surface area contributed by atoms with E-state index in [9.17, 15) is 13.2 Å². The van der Waals surface area contributed by atoms with E-state index in [1.54, 1.807) is 4.68 Å². The first-order valence-electron chi connectivity index (χ1n) is 11.1. The van der Waals surface area contributed by atoms with E-state index in [1.165, 1.54) is 18.5 Å². The van der Waals surface area contributed by atoms with Crippen molar-refractivity contribution >= 4 is 5.82 Å². The van der Waals surface area contributed by atoms with Crippen molar-refractivity contribution in [3.63, 3.8) is 0 Å². The van der Waals surface area contributed by atoms with Crippen LogP contribution in [0.5, 0.6) is 5.75 Å². The van der Waals surface area contributed by atoms with Crippen molar-refractivity contribution < 1.29 is 22.6 Å². The van der Waals surface area contributed by atoms with Gasteiger partial charge in [0.15, 0.2) is 5.82 Å². The summed E-state index contributed by atoms with van der Waals surface area (Å²) in [5.74, 6) is 0.519. The second-order valence-electron chi connectivity index (χ2n) is 8.72. The van der Waals surface area contributed by atoms with Gasteiger partial charge < -0.3 is 14.4 Å². The molecular weight excluding hydrogens is 449 g/mol. The summed E-state index contributed by atoms with van der Waals surface area (Å²) in [4.78, 5) is 13.3. The van der Waals surface area contributed by atoms with Gasteiger partial charge in [-0.3, -0.25) is 4.90 Å². The van der Waals surface area contributed by atoms with E-state index in [2.05, 4.69) is 39.6 Å². The topological polar surface area (TPSA) is 68.5 Å². The lowest BCUT2D eigenvalue weighted by Crippen LogP contribution is -2.44. The summed E-state index contributed by atoms with van der Waals surface area (Å²) >= 11 is 0. The quantitative estimate of drug-likeness (QED) is 0.540. The van der Waals surface area contributed by atoms with Crippen LogP contribution in [0.15, 0.2) is 36.8 Å². The Balaban J connectivity index is 1.40. The Kier molecular flexibility index (Phi) is 6.13. The molecule has 0 N–H and O–H groups in total. The number of nitrogens with zero attached hydrogens (tertiary/aromatic N) is 6. The molecule has 1 saturated heterocycles. The number of hydrogen-bond donors (Lipinski definition) is 0. The molecule has 180 valence electrons. The highest BCUT2D eigenvalue weighted by molar-refractivity contribution is 5.73. The second-order valence-corrected chi connectivity index (χ2v) is 8.72. The third-order valence-corrected chi connectivity index (χ3v) is 5.90. The molecule has 0 amide bonds. The van der Waals surface area contributed by atoms with Crippen LogP contribution in [0.4, 0.5) is 19.0 Å². The number of aromatic nitrogens is 4. The lowest BCUT2D eigenvalue weighted by Gasteiger charge is -2.35. The molecule has 2 atom stereocenters. The molecule has 0 bridgehead atoms. The molecule has 0 saturated carbocycles. The number of pyridine rings is 1. The smallest absolute Gasteiger partial charge is 0.387 e. The highest BCUT2D eigenvalue weighted by Gasteiger charge is 2.27. The number of benzene rings is 1. The van der Waals surface area contributed by atoms with E-state index in [4.69, 9.17) is 9.72 Å². The SMILES string of the molecule is C[C@@H]1CN(Cc2cnc3c(c2)-c2ncnn2CN3Cc2ccc(OC(F)F)cc2F)C[C@H](C)O1. The summed E-state index contributed by atoms with van der Waals surface area (Å²) in [6, 6.07) is 5.79. The van der Waals surface area contributed by atoms with Crippen LogP contribution in [0.25, 0.3) is 11.4 Å². The number of fused-ring (bicyclic) bond motifs is 3. The maximum atomic E-state index is 14.6. The Hall–Kier alpha value is -3.18. The first-order valence-corrected chi connectivity index (χ1v) is 11.1. The van der Waals surface area contributed by atoms with Gasteiger partial charge in [-0.25, -0.2) is 19.0 Å². The van der Waals surface area contributed by atoms with Gasteiger partial charge in [0.1, 0.15) is 30.4 Å². The Labute approximate surface area is 194 Å². The van der Waals surface area contributed by atoms with Crippen LogP contribution in [-0.2, 0) is 24.5 Å². The summed E-state index contributed by atoms with van der Waals surface area (Å²) in [6.45, 7) is 4.06. The summed E-state index contributed by atoms with van der Waals surface area (Å²) < 4.78 is 51.3. The third kappa shape index (κ3) is 4.71. The standard InChI is InChI=1S/C23H25F3N6O2/c1-14-8-30(9-15(2)33-14)10-16-5-19-21(27-7-16)31(13-32-22(19)28-12-29-32)11-17-3-4-18(6-20(17)24)34-23(25)26/h3-7,12,14-15,23H,8-11,13H2,1-2H3/t14-,15+. The zero-order valence-corrected chi connectivity index (χ0v) is 18.9. The van der Waals surface area contributed by atoms with Crippen molar-refractivity contribution in [1.29, 1.82) is 0 Å². The minimum absolute atomic E-state index is 0.167. The van der Waals surface area contributed by atoms with Crippen molar-refractivity contribution in [3.05, 3.63) is 53.7 Å². The van der Waals surface area contributed by atoms with E-state index in [0.717, 1.165) is 36.8 Å². The molecule has 11 heteroatoms. The molecule has 2 aliphatic rings. The molecular formula is C23H25F3N6O2. The summed E-state index contributed by atoms with van der Waals surface area (Å²) in [6.07, 6.45) is 3.65. The average Bonchev–Trinajstić information content (AvgIpc) is 3.23. The molecule has 1 aromatic carbocycles. The van der Waals surface area contributed by atoms with Gasteiger partial charge in [-0.15, -0.1) is 0 Å². The first kappa shape index (κ1) is 22.6. The van der Waals surface area contributed by atoms with Gasteiger partial charge in [0, 0.05) is 44.0 Å². The maximum Gasteiger partial charge on any atom is 0.387 e. The van der Waals surface area contributed by atoms with Crippen molar-refractivity contribution in [2.75, 3.05) is 18.0 Å². The van der Waals surface area contributed by atoms with Gasteiger partial charge in [-0.2, -0.15) is 13.9 Å². The zero-order chi connectivity index (χ0) is 23.8. The monoisotopic (exact) mass is 474 g/mol. The molecule has 0 unspecified atom stereocenters. The van der Waals surface area contributed by atoms with E-state index in [1.807, 2.05) is 11.1 Å². The first-order chi connectivity index (χ1) is 16.4.